The van der Waals surface area contributed by atoms with Crippen molar-refractivity contribution in [1.82, 2.24) is 0 Å². The highest BCUT2D eigenvalue weighted by molar-refractivity contribution is 5.38. The van der Waals surface area contributed by atoms with E-state index < -0.39 is 11.9 Å². The minimum absolute atomic E-state index is 0.138. The zero-order valence-electron chi connectivity index (χ0n) is 8.90. The molecule has 0 spiro atoms. The normalized spacial score (nSPS) is 14.7. The maximum absolute atomic E-state index is 13.3. The second kappa shape index (κ2) is 5.09. The number of hydrogen-bond donors (Lipinski definition) is 2. The third-order valence-corrected chi connectivity index (χ3v) is 2.55. The number of aliphatic hydroxyl groups excluding tert-OH is 1. The molecule has 2 atom stereocenters. The Labute approximate surface area is 88.7 Å². The minimum atomic E-state index is -0.416. The molecule has 0 aliphatic heterocycles. The summed E-state index contributed by atoms with van der Waals surface area (Å²) in [6.07, 6.45) is 0. The molecule has 0 aliphatic rings. The van der Waals surface area contributed by atoms with Crippen molar-refractivity contribution >= 4 is 0 Å². The molecule has 0 bridgehead atoms. The highest BCUT2D eigenvalue weighted by atomic mass is 19.1. The Morgan fingerprint density at radius 1 is 1.53 bits per heavy atom. The molecule has 1 rings (SSSR count). The first-order valence-electron chi connectivity index (χ1n) is 4.80. The van der Waals surface area contributed by atoms with Gasteiger partial charge in [-0.05, 0) is 6.07 Å². The molecule has 2 unspecified atom stereocenters. The van der Waals surface area contributed by atoms with Crippen LogP contribution < -0.4 is 10.5 Å². The molecule has 1 aromatic rings. The number of ether oxygens (including phenoxy) is 1. The molecule has 3 nitrogen and oxygen atoms in total. The number of benzene rings is 1. The lowest BCUT2D eigenvalue weighted by molar-refractivity contribution is 0.250. The van der Waals surface area contributed by atoms with Crippen LogP contribution in [0.3, 0.4) is 0 Å². The monoisotopic (exact) mass is 213 g/mol. The molecule has 3 N–H and O–H groups in total. The van der Waals surface area contributed by atoms with Crippen LogP contribution in [0, 0.1) is 5.82 Å². The molecule has 0 fully saturated rings. The van der Waals surface area contributed by atoms with Gasteiger partial charge in [-0.2, -0.15) is 0 Å². The molecule has 0 aliphatic carbocycles. The second-order valence-corrected chi connectivity index (χ2v) is 3.50. The molecule has 0 saturated carbocycles. The van der Waals surface area contributed by atoms with Gasteiger partial charge >= 0.3 is 0 Å². The molecular weight excluding hydrogens is 197 g/mol. The molecule has 0 aromatic heterocycles. The minimum Gasteiger partial charge on any atom is -0.493 e. The maximum atomic E-state index is 13.3. The summed E-state index contributed by atoms with van der Waals surface area (Å²) in [6, 6.07) is 4.27. The van der Waals surface area contributed by atoms with Crippen LogP contribution in [0.2, 0.25) is 0 Å². The van der Waals surface area contributed by atoms with E-state index in [1.807, 2.05) is 6.92 Å². The van der Waals surface area contributed by atoms with Gasteiger partial charge < -0.3 is 15.6 Å². The van der Waals surface area contributed by atoms with E-state index in [4.69, 9.17) is 15.6 Å². The smallest absolute Gasteiger partial charge is 0.165 e. The van der Waals surface area contributed by atoms with E-state index in [2.05, 4.69) is 0 Å². The van der Waals surface area contributed by atoms with Crippen LogP contribution in [0.15, 0.2) is 18.2 Å². The van der Waals surface area contributed by atoms with Gasteiger partial charge in [-0.25, -0.2) is 4.39 Å². The van der Waals surface area contributed by atoms with Crippen molar-refractivity contribution in [3.05, 3.63) is 29.6 Å². The van der Waals surface area contributed by atoms with E-state index in [1.165, 1.54) is 13.2 Å². The Bertz CT molecular complexity index is 330. The predicted molar refractivity (Wildman–Crippen MR) is 56.4 cm³/mol. The molecule has 0 heterocycles. The summed E-state index contributed by atoms with van der Waals surface area (Å²) in [7, 11) is 1.42. The first kappa shape index (κ1) is 11.9. The van der Waals surface area contributed by atoms with Gasteiger partial charge in [0, 0.05) is 17.5 Å². The number of rotatable bonds is 4. The van der Waals surface area contributed by atoms with Gasteiger partial charge in [0.05, 0.1) is 13.7 Å². The average molecular weight is 213 g/mol. The Kier molecular flexibility index (Phi) is 4.05. The zero-order valence-corrected chi connectivity index (χ0v) is 8.90. The molecule has 0 radical (unpaired) electrons. The van der Waals surface area contributed by atoms with Gasteiger partial charge in [0.2, 0.25) is 0 Å². The summed E-state index contributed by atoms with van der Waals surface area (Å²) in [5.74, 6) is -0.360. The summed E-state index contributed by atoms with van der Waals surface area (Å²) < 4.78 is 18.3. The third-order valence-electron chi connectivity index (χ3n) is 2.55. The lowest BCUT2D eigenvalue weighted by Gasteiger charge is -2.20. The summed E-state index contributed by atoms with van der Waals surface area (Å²) in [5.41, 5.74) is 6.37. The molecule has 15 heavy (non-hydrogen) atoms. The van der Waals surface area contributed by atoms with E-state index in [-0.39, 0.29) is 18.3 Å². The molecule has 0 amide bonds. The van der Waals surface area contributed by atoms with Gasteiger partial charge in [0.15, 0.2) is 11.6 Å². The molecule has 84 valence electrons. The van der Waals surface area contributed by atoms with E-state index >= 15 is 0 Å². The van der Waals surface area contributed by atoms with Gasteiger partial charge in [0.1, 0.15) is 0 Å². The highest BCUT2D eigenvalue weighted by Crippen LogP contribution is 2.30. The fourth-order valence-corrected chi connectivity index (χ4v) is 1.49. The van der Waals surface area contributed by atoms with Gasteiger partial charge in [-0.15, -0.1) is 0 Å². The Balaban J connectivity index is 3.07. The lowest BCUT2D eigenvalue weighted by Crippen LogP contribution is -2.30. The standard InChI is InChI=1S/C11H16FNO2/c1-7(10(13)6-14)8-4-3-5-9(12)11(8)15-2/h3-5,7,10,14H,6,13H2,1-2H3. The summed E-state index contributed by atoms with van der Waals surface area (Å²) in [4.78, 5) is 0. The number of nitrogens with two attached hydrogens (primary N) is 1. The van der Waals surface area contributed by atoms with Crippen LogP contribution in [0.4, 0.5) is 4.39 Å². The maximum Gasteiger partial charge on any atom is 0.165 e. The first-order chi connectivity index (χ1) is 7.11. The van der Waals surface area contributed by atoms with Crippen LogP contribution in [0.1, 0.15) is 18.4 Å². The molecule has 4 heteroatoms. The highest BCUT2D eigenvalue weighted by Gasteiger charge is 2.19. The van der Waals surface area contributed by atoms with Gasteiger partial charge in [-0.1, -0.05) is 19.1 Å². The number of halogens is 1. The molecule has 0 saturated heterocycles. The number of aliphatic hydroxyl groups is 1. The van der Waals surface area contributed by atoms with Crippen LogP contribution >= 0.6 is 0 Å². The molecule has 1 aromatic carbocycles. The summed E-state index contributed by atoms with van der Waals surface area (Å²) in [6.45, 7) is 1.69. The lowest BCUT2D eigenvalue weighted by atomic mass is 9.93. The SMILES string of the molecule is COc1c(F)cccc1C(C)C(N)CO. The van der Waals surface area contributed by atoms with Crippen molar-refractivity contribution in [2.45, 2.75) is 18.9 Å². The average Bonchev–Trinajstić information content (AvgIpc) is 2.26. The topological polar surface area (TPSA) is 55.5 Å². The fraction of sp³-hybridized carbons (Fsp3) is 0.455. The Morgan fingerprint density at radius 2 is 2.20 bits per heavy atom. The third kappa shape index (κ3) is 2.46. The fourth-order valence-electron chi connectivity index (χ4n) is 1.49. The van der Waals surface area contributed by atoms with Crippen molar-refractivity contribution in [2.75, 3.05) is 13.7 Å². The molecular formula is C11H16FNO2. The van der Waals surface area contributed by atoms with Gasteiger partial charge in [-0.3, -0.25) is 0 Å². The van der Waals surface area contributed by atoms with Crippen LogP contribution in [-0.2, 0) is 0 Å². The second-order valence-electron chi connectivity index (χ2n) is 3.50. The number of hydrogen-bond acceptors (Lipinski definition) is 3. The van der Waals surface area contributed by atoms with Crippen molar-refractivity contribution < 1.29 is 14.2 Å². The van der Waals surface area contributed by atoms with E-state index in [0.717, 1.165) is 0 Å². The van der Waals surface area contributed by atoms with Crippen LogP contribution in [0.25, 0.3) is 0 Å². The Hall–Kier alpha value is -1.13. The predicted octanol–water partition coefficient (Wildman–Crippen LogP) is 1.26. The van der Waals surface area contributed by atoms with Crippen molar-refractivity contribution in [1.29, 1.82) is 0 Å². The zero-order chi connectivity index (χ0) is 11.4. The van der Waals surface area contributed by atoms with E-state index in [0.29, 0.717) is 5.56 Å². The van der Waals surface area contributed by atoms with Crippen LogP contribution in [-0.4, -0.2) is 24.9 Å². The van der Waals surface area contributed by atoms with Crippen molar-refractivity contribution in [3.63, 3.8) is 0 Å². The van der Waals surface area contributed by atoms with Gasteiger partial charge in [0.25, 0.3) is 0 Å². The van der Waals surface area contributed by atoms with E-state index in [9.17, 15) is 4.39 Å². The Morgan fingerprint density at radius 3 is 2.73 bits per heavy atom. The van der Waals surface area contributed by atoms with E-state index in [1.54, 1.807) is 12.1 Å². The number of para-hydroxylation sites is 1. The first-order valence-corrected chi connectivity index (χ1v) is 4.80. The quantitative estimate of drug-likeness (QED) is 0.791. The van der Waals surface area contributed by atoms with Crippen molar-refractivity contribution in [2.24, 2.45) is 5.73 Å². The van der Waals surface area contributed by atoms with Crippen molar-refractivity contribution in [3.8, 4) is 5.75 Å². The summed E-state index contributed by atoms with van der Waals surface area (Å²) >= 11 is 0. The summed E-state index contributed by atoms with van der Waals surface area (Å²) in [5, 5.41) is 8.94. The largest absolute Gasteiger partial charge is 0.493 e. The van der Waals surface area contributed by atoms with Crippen LogP contribution in [0.5, 0.6) is 5.75 Å². The number of methoxy groups -OCH3 is 1.